The van der Waals surface area contributed by atoms with E-state index in [1.165, 1.54) is 32.1 Å². The number of pyridine rings is 1. The van der Waals surface area contributed by atoms with Crippen LogP contribution in [0.5, 0.6) is 0 Å². The highest BCUT2D eigenvalue weighted by atomic mass is 16.2. The lowest BCUT2D eigenvalue weighted by molar-refractivity contribution is -0.143. The molecule has 1 aromatic heterocycles. The maximum Gasteiger partial charge on any atom is 0.227 e. The van der Waals surface area contributed by atoms with Gasteiger partial charge >= 0.3 is 0 Å². The van der Waals surface area contributed by atoms with Crippen LogP contribution in [0.4, 0.5) is 5.82 Å². The Morgan fingerprint density at radius 1 is 1.07 bits per heavy atom. The molecule has 29 heavy (non-hydrogen) atoms. The van der Waals surface area contributed by atoms with Crippen LogP contribution in [0, 0.1) is 18.8 Å². The summed E-state index contributed by atoms with van der Waals surface area (Å²) in [6.45, 7) is 6.60. The van der Waals surface area contributed by atoms with E-state index in [0.29, 0.717) is 25.3 Å². The number of aromatic nitrogens is 1. The van der Waals surface area contributed by atoms with Crippen LogP contribution in [-0.4, -0.2) is 65.9 Å². The molecule has 3 fully saturated rings. The number of carbonyl (C=O) groups is 2. The summed E-state index contributed by atoms with van der Waals surface area (Å²) in [5.41, 5.74) is 1.02. The molecule has 6 heteroatoms. The molecule has 3 heterocycles. The second-order valence-corrected chi connectivity index (χ2v) is 8.99. The molecule has 1 aliphatic carbocycles. The third-order valence-corrected chi connectivity index (χ3v) is 6.84. The smallest absolute Gasteiger partial charge is 0.227 e. The van der Waals surface area contributed by atoms with E-state index in [4.69, 9.17) is 0 Å². The van der Waals surface area contributed by atoms with Gasteiger partial charge in [0.05, 0.1) is 5.92 Å². The number of piperazine rings is 1. The lowest BCUT2D eigenvalue weighted by atomic mass is 9.87. The van der Waals surface area contributed by atoms with Gasteiger partial charge in [-0.1, -0.05) is 25.3 Å². The Kier molecular flexibility index (Phi) is 6.36. The van der Waals surface area contributed by atoms with Crippen molar-refractivity contribution >= 4 is 17.6 Å². The number of rotatable bonds is 4. The van der Waals surface area contributed by atoms with Gasteiger partial charge in [0.15, 0.2) is 0 Å². The average molecular weight is 399 g/mol. The van der Waals surface area contributed by atoms with Crippen LogP contribution in [-0.2, 0) is 9.59 Å². The number of piperidine rings is 1. The largest absolute Gasteiger partial charge is 0.353 e. The molecule has 0 aromatic carbocycles. The molecule has 1 saturated carbocycles. The molecule has 0 bridgehead atoms. The van der Waals surface area contributed by atoms with Crippen molar-refractivity contribution in [3.63, 3.8) is 0 Å². The highest BCUT2D eigenvalue weighted by Gasteiger charge is 2.34. The van der Waals surface area contributed by atoms with E-state index in [9.17, 15) is 9.59 Å². The molecule has 158 valence electrons. The summed E-state index contributed by atoms with van der Waals surface area (Å²) in [5, 5.41) is 0. The van der Waals surface area contributed by atoms with E-state index in [2.05, 4.69) is 9.88 Å². The molecule has 0 N–H and O–H groups in total. The van der Waals surface area contributed by atoms with Crippen LogP contribution in [0.25, 0.3) is 0 Å². The minimum atomic E-state index is -0.0278. The molecule has 4 rings (SSSR count). The Morgan fingerprint density at radius 2 is 1.83 bits per heavy atom. The first-order chi connectivity index (χ1) is 14.1. The summed E-state index contributed by atoms with van der Waals surface area (Å²) in [4.78, 5) is 36.4. The highest BCUT2D eigenvalue weighted by Crippen LogP contribution is 2.28. The number of aryl methyl sites for hydroxylation is 1. The lowest BCUT2D eigenvalue weighted by Crippen LogP contribution is -2.53. The van der Waals surface area contributed by atoms with Crippen molar-refractivity contribution in [3.05, 3.63) is 23.9 Å². The summed E-state index contributed by atoms with van der Waals surface area (Å²) < 4.78 is 0. The second kappa shape index (κ2) is 9.14. The van der Waals surface area contributed by atoms with Gasteiger partial charge in [-0.15, -0.1) is 0 Å². The number of hydrogen-bond acceptors (Lipinski definition) is 4. The number of likely N-dealkylation sites (tertiary alicyclic amines) is 1. The molecule has 2 aliphatic heterocycles. The monoisotopic (exact) mass is 398 g/mol. The van der Waals surface area contributed by atoms with Gasteiger partial charge in [0.1, 0.15) is 5.82 Å². The van der Waals surface area contributed by atoms with Gasteiger partial charge in [0.25, 0.3) is 0 Å². The zero-order valence-electron chi connectivity index (χ0n) is 17.7. The van der Waals surface area contributed by atoms with Gasteiger partial charge < -0.3 is 14.7 Å². The van der Waals surface area contributed by atoms with Gasteiger partial charge in [-0.3, -0.25) is 9.59 Å². The Morgan fingerprint density at radius 3 is 2.55 bits per heavy atom. The summed E-state index contributed by atoms with van der Waals surface area (Å²) in [5.74, 6) is 2.09. The average Bonchev–Trinajstić information content (AvgIpc) is 2.76. The van der Waals surface area contributed by atoms with Gasteiger partial charge in [-0.25, -0.2) is 4.98 Å². The molecule has 2 amide bonds. The molecule has 0 unspecified atom stereocenters. The normalized spacial score (nSPS) is 24.1. The Labute approximate surface area is 174 Å². The van der Waals surface area contributed by atoms with Crippen LogP contribution in [0.15, 0.2) is 18.2 Å². The topological polar surface area (TPSA) is 56.8 Å². The first-order valence-corrected chi connectivity index (χ1v) is 11.4. The highest BCUT2D eigenvalue weighted by molar-refractivity contribution is 5.84. The fraction of sp³-hybridized carbons (Fsp3) is 0.696. The van der Waals surface area contributed by atoms with Crippen molar-refractivity contribution in [2.45, 2.75) is 51.9 Å². The van der Waals surface area contributed by atoms with Gasteiger partial charge in [0.2, 0.25) is 11.8 Å². The second-order valence-electron chi connectivity index (χ2n) is 8.99. The quantitative estimate of drug-likeness (QED) is 0.783. The Bertz CT molecular complexity index is 723. The van der Waals surface area contributed by atoms with E-state index < -0.39 is 0 Å². The molecular formula is C23H34N4O2. The standard InChI is InChI=1S/C23H34N4O2/c1-18-6-5-9-21(24-18)25-12-14-26(15-13-25)23(29)20-10-11-22(28)27(17-20)16-19-7-3-2-4-8-19/h5-6,9,19-20H,2-4,7-8,10-17H2,1H3/t20-/m1/s1. The Balaban J connectivity index is 1.30. The molecule has 2 saturated heterocycles. The predicted octanol–water partition coefficient (Wildman–Crippen LogP) is 2.86. The minimum absolute atomic E-state index is 0.0278. The molecule has 6 nitrogen and oxygen atoms in total. The molecule has 1 aromatic rings. The molecule has 3 aliphatic rings. The number of anilines is 1. The van der Waals surface area contributed by atoms with Gasteiger partial charge in [-0.2, -0.15) is 0 Å². The van der Waals surface area contributed by atoms with Crippen molar-refractivity contribution in [1.82, 2.24) is 14.8 Å². The van der Waals surface area contributed by atoms with Crippen molar-refractivity contribution in [3.8, 4) is 0 Å². The van der Waals surface area contributed by atoms with E-state index in [0.717, 1.165) is 44.2 Å². The maximum absolute atomic E-state index is 13.1. The number of carbonyl (C=O) groups excluding carboxylic acids is 2. The number of nitrogens with zero attached hydrogens (tertiary/aromatic N) is 4. The molecule has 0 radical (unpaired) electrons. The maximum atomic E-state index is 13.1. The Hall–Kier alpha value is -2.11. The van der Waals surface area contributed by atoms with Crippen LogP contribution < -0.4 is 4.90 Å². The zero-order chi connectivity index (χ0) is 20.2. The number of hydrogen-bond donors (Lipinski definition) is 0. The zero-order valence-corrected chi connectivity index (χ0v) is 17.7. The fourth-order valence-electron chi connectivity index (χ4n) is 5.09. The third-order valence-electron chi connectivity index (χ3n) is 6.84. The summed E-state index contributed by atoms with van der Waals surface area (Å²) >= 11 is 0. The van der Waals surface area contributed by atoms with E-state index >= 15 is 0 Å². The molecule has 1 atom stereocenters. The molecule has 0 spiro atoms. The fourth-order valence-corrected chi connectivity index (χ4v) is 5.09. The third kappa shape index (κ3) is 4.90. The van der Waals surface area contributed by atoms with Gasteiger partial charge in [-0.05, 0) is 44.2 Å². The van der Waals surface area contributed by atoms with Crippen LogP contribution in [0.1, 0.15) is 50.6 Å². The summed E-state index contributed by atoms with van der Waals surface area (Å²) in [6, 6.07) is 6.09. The van der Waals surface area contributed by atoms with Crippen molar-refractivity contribution in [2.24, 2.45) is 11.8 Å². The van der Waals surface area contributed by atoms with Crippen molar-refractivity contribution in [1.29, 1.82) is 0 Å². The van der Waals surface area contributed by atoms with Crippen LogP contribution >= 0.6 is 0 Å². The first-order valence-electron chi connectivity index (χ1n) is 11.4. The van der Waals surface area contributed by atoms with E-state index in [-0.39, 0.29) is 17.7 Å². The van der Waals surface area contributed by atoms with Crippen LogP contribution in [0.2, 0.25) is 0 Å². The first kappa shape index (κ1) is 20.2. The van der Waals surface area contributed by atoms with Crippen molar-refractivity contribution < 1.29 is 9.59 Å². The van der Waals surface area contributed by atoms with Gasteiger partial charge in [0, 0.05) is 51.4 Å². The van der Waals surface area contributed by atoms with Crippen molar-refractivity contribution in [2.75, 3.05) is 44.2 Å². The molecular weight excluding hydrogens is 364 g/mol. The lowest BCUT2D eigenvalue weighted by Gasteiger charge is -2.40. The number of amides is 2. The van der Waals surface area contributed by atoms with E-state index in [1.54, 1.807) is 0 Å². The predicted molar refractivity (Wildman–Crippen MR) is 114 cm³/mol. The SMILES string of the molecule is Cc1cccc(N2CCN(C(=O)[C@@H]3CCC(=O)N(CC4CCCCC4)C3)CC2)n1. The summed E-state index contributed by atoms with van der Waals surface area (Å²) in [6.07, 6.45) is 7.60. The van der Waals surface area contributed by atoms with Crippen LogP contribution in [0.3, 0.4) is 0 Å². The van der Waals surface area contributed by atoms with E-state index in [1.807, 2.05) is 34.9 Å². The summed E-state index contributed by atoms with van der Waals surface area (Å²) in [7, 11) is 0. The minimum Gasteiger partial charge on any atom is -0.353 e.